The summed E-state index contributed by atoms with van der Waals surface area (Å²) in [6, 6.07) is 7.79. The number of benzene rings is 1. The van der Waals surface area contributed by atoms with Crippen LogP contribution in [0.2, 0.25) is 0 Å². The zero-order valence-electron chi connectivity index (χ0n) is 14.5. The van der Waals surface area contributed by atoms with Gasteiger partial charge in [-0.05, 0) is 50.1 Å². The lowest BCUT2D eigenvalue weighted by Gasteiger charge is -2.07. The summed E-state index contributed by atoms with van der Waals surface area (Å²) >= 11 is 1.21. The number of carboxylic acid groups (broad SMARTS) is 1. The number of ether oxygens (including phenoxy) is 1. The highest BCUT2D eigenvalue weighted by Gasteiger charge is 2.21. The molecule has 0 spiro atoms. The van der Waals surface area contributed by atoms with E-state index in [0.29, 0.717) is 16.4 Å². The Morgan fingerprint density at radius 3 is 2.60 bits per heavy atom. The third-order valence-corrected chi connectivity index (χ3v) is 5.07. The number of aromatic carboxylic acids is 1. The molecule has 0 saturated heterocycles. The Labute approximate surface area is 150 Å². The SMILES string of the molecule is C=C(C)COc1ccc(-c2nc3sc(C(=O)O)c(C)n3c2CC)cc1. The number of hydrogen-bond donors (Lipinski definition) is 1. The molecule has 25 heavy (non-hydrogen) atoms. The van der Waals surface area contributed by atoms with Crippen molar-refractivity contribution in [3.63, 3.8) is 0 Å². The maximum Gasteiger partial charge on any atom is 0.347 e. The first-order valence-corrected chi connectivity index (χ1v) is 8.85. The number of rotatable bonds is 6. The molecule has 1 aromatic carbocycles. The van der Waals surface area contributed by atoms with E-state index in [9.17, 15) is 9.90 Å². The molecule has 2 aromatic heterocycles. The van der Waals surface area contributed by atoms with E-state index >= 15 is 0 Å². The Morgan fingerprint density at radius 2 is 2.04 bits per heavy atom. The standard InChI is InChI=1S/C19H20N2O3S/c1-5-15-16(13-6-8-14(9-7-13)24-10-11(2)3)20-19-21(15)12(4)17(25-19)18(22)23/h6-9H,2,5,10H2,1,3-4H3,(H,22,23). The quantitative estimate of drug-likeness (QED) is 0.656. The Balaban J connectivity index is 2.01. The fourth-order valence-electron chi connectivity index (χ4n) is 2.78. The first-order chi connectivity index (χ1) is 11.9. The largest absolute Gasteiger partial charge is 0.489 e. The maximum atomic E-state index is 11.3. The molecule has 0 atom stereocenters. The van der Waals surface area contributed by atoms with Gasteiger partial charge in [-0.25, -0.2) is 9.78 Å². The summed E-state index contributed by atoms with van der Waals surface area (Å²) in [7, 11) is 0. The number of hydrogen-bond acceptors (Lipinski definition) is 4. The van der Waals surface area contributed by atoms with E-state index in [4.69, 9.17) is 4.74 Å². The number of fused-ring (bicyclic) bond motifs is 1. The van der Waals surface area contributed by atoms with Crippen LogP contribution in [-0.2, 0) is 6.42 Å². The van der Waals surface area contributed by atoms with Crippen LogP contribution in [0, 0.1) is 6.92 Å². The van der Waals surface area contributed by atoms with E-state index in [-0.39, 0.29) is 0 Å². The molecule has 1 N–H and O–H groups in total. The number of carboxylic acids is 1. The van der Waals surface area contributed by atoms with Gasteiger partial charge < -0.3 is 9.84 Å². The minimum Gasteiger partial charge on any atom is -0.489 e. The molecule has 2 heterocycles. The molecule has 0 aliphatic rings. The van der Waals surface area contributed by atoms with E-state index in [0.717, 1.165) is 40.4 Å². The van der Waals surface area contributed by atoms with Gasteiger partial charge in [0.15, 0.2) is 4.96 Å². The second-order valence-corrected chi connectivity index (χ2v) is 6.95. The van der Waals surface area contributed by atoms with Gasteiger partial charge in [0, 0.05) is 11.3 Å². The van der Waals surface area contributed by atoms with Crippen molar-refractivity contribution in [1.82, 2.24) is 9.38 Å². The minimum atomic E-state index is -0.907. The number of thiazole rings is 1. The average Bonchev–Trinajstić information content (AvgIpc) is 3.10. The summed E-state index contributed by atoms with van der Waals surface area (Å²) in [5.41, 5.74) is 4.60. The maximum absolute atomic E-state index is 11.3. The second-order valence-electron chi connectivity index (χ2n) is 5.97. The molecule has 3 aromatic rings. The fraction of sp³-hybridized carbons (Fsp3) is 0.263. The van der Waals surface area contributed by atoms with Gasteiger partial charge in [-0.15, -0.1) is 0 Å². The van der Waals surface area contributed by atoms with Crippen LogP contribution in [0.25, 0.3) is 16.2 Å². The third-order valence-electron chi connectivity index (χ3n) is 3.94. The molecule has 5 nitrogen and oxygen atoms in total. The van der Waals surface area contributed by atoms with Crippen LogP contribution in [0.1, 0.15) is 34.9 Å². The summed E-state index contributed by atoms with van der Waals surface area (Å²) in [6.07, 6.45) is 0.765. The molecular weight excluding hydrogens is 336 g/mol. The number of carbonyl (C=O) groups is 1. The van der Waals surface area contributed by atoms with E-state index in [1.165, 1.54) is 11.3 Å². The number of aryl methyl sites for hydroxylation is 2. The summed E-state index contributed by atoms with van der Waals surface area (Å²) in [6.45, 7) is 10.1. The van der Waals surface area contributed by atoms with Gasteiger partial charge in [-0.1, -0.05) is 24.8 Å². The van der Waals surface area contributed by atoms with Crippen LogP contribution in [0.3, 0.4) is 0 Å². The molecular formula is C19H20N2O3S. The van der Waals surface area contributed by atoms with Crippen LogP contribution in [0.4, 0.5) is 0 Å². The summed E-state index contributed by atoms with van der Waals surface area (Å²) in [4.78, 5) is 17.1. The molecule has 0 fully saturated rings. The normalized spacial score (nSPS) is 11.0. The fourth-order valence-corrected chi connectivity index (χ4v) is 3.77. The highest BCUT2D eigenvalue weighted by atomic mass is 32.1. The van der Waals surface area contributed by atoms with Crippen molar-refractivity contribution in [2.24, 2.45) is 0 Å². The van der Waals surface area contributed by atoms with Crippen molar-refractivity contribution in [3.05, 3.63) is 52.7 Å². The monoisotopic (exact) mass is 356 g/mol. The van der Waals surface area contributed by atoms with Gasteiger partial charge in [0.25, 0.3) is 0 Å². The van der Waals surface area contributed by atoms with Gasteiger partial charge in [-0.2, -0.15) is 0 Å². The van der Waals surface area contributed by atoms with Gasteiger partial charge >= 0.3 is 5.97 Å². The highest BCUT2D eigenvalue weighted by Crippen LogP contribution is 2.32. The van der Waals surface area contributed by atoms with Gasteiger partial charge in [0.1, 0.15) is 17.2 Å². The average molecular weight is 356 g/mol. The van der Waals surface area contributed by atoms with E-state index in [2.05, 4.69) is 18.5 Å². The molecule has 6 heteroatoms. The van der Waals surface area contributed by atoms with Crippen LogP contribution in [0.15, 0.2) is 36.4 Å². The second kappa shape index (κ2) is 6.72. The molecule has 0 aliphatic carbocycles. The van der Waals surface area contributed by atoms with E-state index in [1.807, 2.05) is 42.5 Å². The van der Waals surface area contributed by atoms with Crippen molar-refractivity contribution in [2.45, 2.75) is 27.2 Å². The summed E-state index contributed by atoms with van der Waals surface area (Å²) < 4.78 is 7.58. The van der Waals surface area contributed by atoms with Crippen LogP contribution < -0.4 is 4.74 Å². The number of nitrogens with zero attached hydrogens (tertiary/aromatic N) is 2. The van der Waals surface area contributed by atoms with Crippen molar-refractivity contribution in [1.29, 1.82) is 0 Å². The van der Waals surface area contributed by atoms with Gasteiger partial charge in [-0.3, -0.25) is 4.40 Å². The van der Waals surface area contributed by atoms with Crippen molar-refractivity contribution >= 4 is 22.3 Å². The Kier molecular flexibility index (Phi) is 4.63. The molecule has 0 amide bonds. The molecule has 0 saturated carbocycles. The highest BCUT2D eigenvalue weighted by molar-refractivity contribution is 7.19. The van der Waals surface area contributed by atoms with E-state index < -0.39 is 5.97 Å². The topological polar surface area (TPSA) is 63.8 Å². The molecule has 0 aliphatic heterocycles. The zero-order valence-corrected chi connectivity index (χ0v) is 15.3. The van der Waals surface area contributed by atoms with Crippen LogP contribution >= 0.6 is 11.3 Å². The minimum absolute atomic E-state index is 0.340. The van der Waals surface area contributed by atoms with Crippen LogP contribution in [0.5, 0.6) is 5.75 Å². The summed E-state index contributed by atoms with van der Waals surface area (Å²) in [5.74, 6) is -0.120. The molecule has 3 rings (SSSR count). The molecule has 0 bridgehead atoms. The Bertz CT molecular complexity index is 951. The molecule has 0 unspecified atom stereocenters. The lowest BCUT2D eigenvalue weighted by Crippen LogP contribution is -2.00. The Hall–Kier alpha value is -2.60. The zero-order chi connectivity index (χ0) is 18.1. The van der Waals surface area contributed by atoms with Crippen LogP contribution in [-0.4, -0.2) is 27.1 Å². The lowest BCUT2D eigenvalue weighted by molar-refractivity contribution is 0.0701. The molecule has 0 radical (unpaired) electrons. The number of aromatic nitrogens is 2. The molecule has 130 valence electrons. The van der Waals surface area contributed by atoms with Crippen molar-refractivity contribution in [2.75, 3.05) is 6.61 Å². The van der Waals surface area contributed by atoms with Gasteiger partial charge in [0.2, 0.25) is 0 Å². The lowest BCUT2D eigenvalue weighted by atomic mass is 10.1. The van der Waals surface area contributed by atoms with E-state index in [1.54, 1.807) is 0 Å². The van der Waals surface area contributed by atoms with Crippen molar-refractivity contribution < 1.29 is 14.6 Å². The summed E-state index contributed by atoms with van der Waals surface area (Å²) in [5, 5.41) is 9.30. The first-order valence-electron chi connectivity index (χ1n) is 8.04. The number of imidazole rings is 1. The predicted octanol–water partition coefficient (Wildman–Crippen LogP) is 4.59. The smallest absolute Gasteiger partial charge is 0.347 e. The Morgan fingerprint density at radius 1 is 1.36 bits per heavy atom. The first kappa shape index (κ1) is 17.2. The predicted molar refractivity (Wildman–Crippen MR) is 99.9 cm³/mol. The van der Waals surface area contributed by atoms with Gasteiger partial charge in [0.05, 0.1) is 11.4 Å². The third kappa shape index (κ3) is 3.17. The van der Waals surface area contributed by atoms with Crippen molar-refractivity contribution in [3.8, 4) is 17.0 Å².